The Morgan fingerprint density at radius 3 is 2.58 bits per heavy atom. The highest BCUT2D eigenvalue weighted by Gasteiger charge is 2.13. The van der Waals surface area contributed by atoms with Crippen molar-refractivity contribution in [3.8, 4) is 0 Å². The molecule has 2 amide bonds. The molecule has 2 aromatic rings. The summed E-state index contributed by atoms with van der Waals surface area (Å²) in [5, 5.41) is 3.05. The molecule has 0 fully saturated rings. The molecular weight excluding hydrogens is 300 g/mol. The molecule has 0 radical (unpaired) electrons. The molecule has 0 saturated carbocycles. The first-order chi connectivity index (χ1) is 11.5. The minimum Gasteiger partial charge on any atom is -0.336 e. The number of rotatable bonds is 7. The Bertz CT molecular complexity index is 671. The molecule has 0 saturated heterocycles. The van der Waals surface area contributed by atoms with Gasteiger partial charge in [-0.1, -0.05) is 38.8 Å². The van der Waals surface area contributed by atoms with Gasteiger partial charge in [0.2, 0.25) is 0 Å². The number of para-hydroxylation sites is 2. The Hall–Kier alpha value is -2.17. The zero-order valence-corrected chi connectivity index (χ0v) is 15.1. The SMILES string of the molecule is CC(C)CCC[C@H](C)NC(=O)N(C)Cc1cnc2ccccc2n1. The second-order valence-corrected chi connectivity index (χ2v) is 6.88. The number of aromatic nitrogens is 2. The summed E-state index contributed by atoms with van der Waals surface area (Å²) in [6.45, 7) is 6.95. The quantitative estimate of drug-likeness (QED) is 0.836. The van der Waals surface area contributed by atoms with E-state index in [2.05, 4.69) is 36.1 Å². The van der Waals surface area contributed by atoms with Crippen LogP contribution < -0.4 is 5.32 Å². The maximum atomic E-state index is 12.3. The molecule has 0 bridgehead atoms. The molecule has 24 heavy (non-hydrogen) atoms. The summed E-state index contributed by atoms with van der Waals surface area (Å²) in [5.74, 6) is 0.710. The lowest BCUT2D eigenvalue weighted by Gasteiger charge is -2.21. The Balaban J connectivity index is 1.85. The highest BCUT2D eigenvalue weighted by Crippen LogP contribution is 2.11. The van der Waals surface area contributed by atoms with Crippen LogP contribution in [0.1, 0.15) is 45.7 Å². The van der Waals surface area contributed by atoms with Gasteiger partial charge in [0.1, 0.15) is 0 Å². The van der Waals surface area contributed by atoms with Gasteiger partial charge in [0.05, 0.1) is 29.5 Å². The van der Waals surface area contributed by atoms with Crippen LogP contribution in [0.4, 0.5) is 4.79 Å². The summed E-state index contributed by atoms with van der Waals surface area (Å²) in [7, 11) is 1.78. The fraction of sp³-hybridized carbons (Fsp3) is 0.526. The van der Waals surface area contributed by atoms with Crippen molar-refractivity contribution >= 4 is 17.1 Å². The molecule has 1 atom stereocenters. The third-order valence-corrected chi connectivity index (χ3v) is 4.03. The predicted molar refractivity (Wildman–Crippen MR) is 97.7 cm³/mol. The minimum atomic E-state index is -0.0676. The van der Waals surface area contributed by atoms with Crippen molar-refractivity contribution in [1.29, 1.82) is 0 Å². The molecule has 0 aliphatic heterocycles. The van der Waals surface area contributed by atoms with Gasteiger partial charge in [-0.05, 0) is 31.4 Å². The number of urea groups is 1. The highest BCUT2D eigenvalue weighted by atomic mass is 16.2. The molecule has 1 aromatic carbocycles. The Morgan fingerprint density at radius 1 is 1.17 bits per heavy atom. The summed E-state index contributed by atoms with van der Waals surface area (Å²) in [5.41, 5.74) is 2.51. The van der Waals surface area contributed by atoms with Crippen molar-refractivity contribution < 1.29 is 4.79 Å². The van der Waals surface area contributed by atoms with E-state index in [-0.39, 0.29) is 12.1 Å². The van der Waals surface area contributed by atoms with Crippen LogP contribution in [0.15, 0.2) is 30.5 Å². The first-order valence-electron chi connectivity index (χ1n) is 8.68. The Kier molecular flexibility index (Phi) is 6.53. The van der Waals surface area contributed by atoms with Crippen molar-refractivity contribution in [3.05, 3.63) is 36.2 Å². The van der Waals surface area contributed by atoms with Crippen molar-refractivity contribution in [2.45, 2.75) is 52.6 Å². The van der Waals surface area contributed by atoms with E-state index in [1.807, 2.05) is 24.3 Å². The van der Waals surface area contributed by atoms with Crippen molar-refractivity contribution in [2.75, 3.05) is 7.05 Å². The normalized spacial score (nSPS) is 12.4. The van der Waals surface area contributed by atoms with E-state index < -0.39 is 0 Å². The molecule has 1 heterocycles. The lowest BCUT2D eigenvalue weighted by Crippen LogP contribution is -2.41. The van der Waals surface area contributed by atoms with Crippen LogP contribution >= 0.6 is 0 Å². The number of carbonyl (C=O) groups excluding carboxylic acids is 1. The number of amides is 2. The Labute approximate surface area is 144 Å². The van der Waals surface area contributed by atoms with Gasteiger partial charge in [0, 0.05) is 13.1 Å². The van der Waals surface area contributed by atoms with Crippen LogP contribution in [0.2, 0.25) is 0 Å². The molecule has 130 valence electrons. The number of benzene rings is 1. The maximum absolute atomic E-state index is 12.3. The largest absolute Gasteiger partial charge is 0.336 e. The van der Waals surface area contributed by atoms with Crippen molar-refractivity contribution in [1.82, 2.24) is 20.2 Å². The van der Waals surface area contributed by atoms with Gasteiger partial charge in [-0.15, -0.1) is 0 Å². The van der Waals surface area contributed by atoms with Gasteiger partial charge in [-0.25, -0.2) is 9.78 Å². The molecule has 0 spiro atoms. The molecule has 1 N–H and O–H groups in total. The number of fused-ring (bicyclic) bond motifs is 1. The number of carbonyl (C=O) groups is 1. The first-order valence-corrected chi connectivity index (χ1v) is 8.68. The lowest BCUT2D eigenvalue weighted by atomic mass is 10.0. The summed E-state index contributed by atoms with van der Waals surface area (Å²) >= 11 is 0. The number of nitrogens with zero attached hydrogens (tertiary/aromatic N) is 3. The third-order valence-electron chi connectivity index (χ3n) is 4.03. The van der Waals surface area contributed by atoms with Crippen LogP contribution in [0.3, 0.4) is 0 Å². The van der Waals surface area contributed by atoms with E-state index in [0.717, 1.165) is 29.6 Å². The van der Waals surface area contributed by atoms with Crippen molar-refractivity contribution in [2.24, 2.45) is 5.92 Å². The number of nitrogens with one attached hydrogen (secondary N) is 1. The molecule has 5 heteroatoms. The molecule has 5 nitrogen and oxygen atoms in total. The zero-order chi connectivity index (χ0) is 17.5. The van der Waals surface area contributed by atoms with E-state index in [1.54, 1.807) is 18.1 Å². The molecule has 1 aromatic heterocycles. The lowest BCUT2D eigenvalue weighted by molar-refractivity contribution is 0.202. The second-order valence-electron chi connectivity index (χ2n) is 6.88. The van der Waals surface area contributed by atoms with E-state index >= 15 is 0 Å². The average molecular weight is 328 g/mol. The van der Waals surface area contributed by atoms with Crippen LogP contribution in [0.5, 0.6) is 0 Å². The predicted octanol–water partition coefficient (Wildman–Crippen LogP) is 3.99. The van der Waals surface area contributed by atoms with Gasteiger partial charge >= 0.3 is 6.03 Å². The molecule has 0 aliphatic rings. The number of hydrogen-bond acceptors (Lipinski definition) is 3. The van der Waals surface area contributed by atoms with E-state index in [9.17, 15) is 4.79 Å². The van der Waals surface area contributed by atoms with Gasteiger partial charge in [0.25, 0.3) is 0 Å². The fourth-order valence-electron chi connectivity index (χ4n) is 2.61. The van der Waals surface area contributed by atoms with Gasteiger partial charge < -0.3 is 10.2 Å². The third kappa shape index (κ3) is 5.48. The molecular formula is C19H28N4O. The number of hydrogen-bond donors (Lipinski definition) is 1. The molecule has 0 unspecified atom stereocenters. The summed E-state index contributed by atoms with van der Waals surface area (Å²) in [6, 6.07) is 7.86. The zero-order valence-electron chi connectivity index (χ0n) is 15.1. The van der Waals surface area contributed by atoms with Crippen LogP contribution in [0, 0.1) is 5.92 Å². The topological polar surface area (TPSA) is 58.1 Å². The monoisotopic (exact) mass is 328 g/mol. The standard InChI is InChI=1S/C19H28N4O/c1-14(2)8-7-9-15(3)21-19(24)23(4)13-16-12-20-17-10-5-6-11-18(17)22-16/h5-6,10-12,14-15H,7-9,13H2,1-4H3,(H,21,24)/t15-/m0/s1. The first kappa shape index (κ1) is 18.2. The smallest absolute Gasteiger partial charge is 0.317 e. The Morgan fingerprint density at radius 2 is 1.88 bits per heavy atom. The minimum absolute atomic E-state index is 0.0676. The van der Waals surface area contributed by atoms with Gasteiger partial charge in [-0.2, -0.15) is 0 Å². The molecule has 2 rings (SSSR count). The second kappa shape index (κ2) is 8.62. The van der Waals surface area contributed by atoms with Gasteiger partial charge in [-0.3, -0.25) is 4.98 Å². The van der Waals surface area contributed by atoms with Crippen LogP contribution in [0.25, 0.3) is 11.0 Å². The average Bonchev–Trinajstić information content (AvgIpc) is 2.54. The van der Waals surface area contributed by atoms with Crippen LogP contribution in [-0.4, -0.2) is 34.0 Å². The van der Waals surface area contributed by atoms with E-state index in [1.165, 1.54) is 6.42 Å². The van der Waals surface area contributed by atoms with Crippen molar-refractivity contribution in [3.63, 3.8) is 0 Å². The molecule has 0 aliphatic carbocycles. The summed E-state index contributed by atoms with van der Waals surface area (Å²) in [6.07, 6.45) is 5.08. The van der Waals surface area contributed by atoms with E-state index in [4.69, 9.17) is 0 Å². The van der Waals surface area contributed by atoms with Crippen LogP contribution in [-0.2, 0) is 6.54 Å². The van der Waals surface area contributed by atoms with E-state index in [0.29, 0.717) is 12.5 Å². The fourth-order valence-corrected chi connectivity index (χ4v) is 2.61. The van der Waals surface area contributed by atoms with Gasteiger partial charge in [0.15, 0.2) is 0 Å². The summed E-state index contributed by atoms with van der Waals surface area (Å²) < 4.78 is 0. The summed E-state index contributed by atoms with van der Waals surface area (Å²) in [4.78, 5) is 22.9. The highest BCUT2D eigenvalue weighted by molar-refractivity contribution is 5.75. The maximum Gasteiger partial charge on any atom is 0.317 e.